The van der Waals surface area contributed by atoms with Crippen molar-refractivity contribution in [3.8, 4) is 11.6 Å². The molecule has 2 heterocycles. The van der Waals surface area contributed by atoms with Crippen LogP contribution in [-0.4, -0.2) is 25.3 Å². The fraction of sp³-hybridized carbons (Fsp3) is 0.0833. The molecule has 0 radical (unpaired) electrons. The van der Waals surface area contributed by atoms with Crippen LogP contribution in [-0.2, 0) is 6.42 Å². The number of H-pyrrole nitrogens is 1. The number of halogens is 2. The maximum atomic E-state index is 10.8. The average Bonchev–Trinajstić information content (AvgIpc) is 3.08. The third kappa shape index (κ3) is 2.85. The van der Waals surface area contributed by atoms with Gasteiger partial charge in [0, 0.05) is 5.02 Å². The fourth-order valence-corrected chi connectivity index (χ4v) is 2.40. The Hall–Kier alpha value is -2.26. The van der Waals surface area contributed by atoms with Gasteiger partial charge in [0.2, 0.25) is 5.89 Å². The number of hydrogen-bond donors (Lipinski definition) is 1. The molecule has 3 aromatic rings. The highest BCUT2D eigenvalue weighted by molar-refractivity contribution is 9.10. The van der Waals surface area contributed by atoms with Crippen LogP contribution in [0.1, 0.15) is 11.5 Å². The van der Waals surface area contributed by atoms with Crippen LogP contribution in [0.5, 0.6) is 0 Å². The van der Waals surface area contributed by atoms with E-state index in [9.17, 15) is 10.1 Å². The van der Waals surface area contributed by atoms with Crippen molar-refractivity contribution in [2.75, 3.05) is 0 Å². The quantitative estimate of drug-likeness (QED) is 0.545. The molecule has 112 valence electrons. The Bertz CT molecular complexity index is 830. The van der Waals surface area contributed by atoms with Gasteiger partial charge in [-0.3, -0.25) is 0 Å². The molecular formula is C12H7BrClN5O3. The van der Waals surface area contributed by atoms with Gasteiger partial charge in [0.25, 0.3) is 5.89 Å². The topological polar surface area (TPSA) is 111 Å². The Morgan fingerprint density at radius 1 is 1.32 bits per heavy atom. The molecule has 0 amide bonds. The molecule has 0 spiro atoms. The molecule has 0 bridgehead atoms. The summed E-state index contributed by atoms with van der Waals surface area (Å²) in [6.07, 6.45) is 0.425. The molecule has 0 atom stereocenters. The van der Waals surface area contributed by atoms with E-state index in [1.165, 1.54) is 0 Å². The average molecular weight is 385 g/mol. The first-order chi connectivity index (χ1) is 10.5. The maximum Gasteiger partial charge on any atom is 0.357 e. The van der Waals surface area contributed by atoms with Crippen molar-refractivity contribution in [3.63, 3.8) is 0 Å². The maximum absolute atomic E-state index is 10.8. The van der Waals surface area contributed by atoms with Crippen LogP contribution < -0.4 is 0 Å². The van der Waals surface area contributed by atoms with E-state index in [2.05, 4.69) is 36.3 Å². The van der Waals surface area contributed by atoms with Crippen molar-refractivity contribution in [1.82, 2.24) is 20.4 Å². The molecule has 22 heavy (non-hydrogen) atoms. The van der Waals surface area contributed by atoms with Gasteiger partial charge in [-0.1, -0.05) is 28.8 Å². The number of aromatic nitrogens is 4. The molecule has 0 saturated heterocycles. The van der Waals surface area contributed by atoms with Gasteiger partial charge in [-0.25, -0.2) is 0 Å². The van der Waals surface area contributed by atoms with Gasteiger partial charge in [-0.2, -0.15) is 0 Å². The van der Waals surface area contributed by atoms with Crippen LogP contribution >= 0.6 is 27.5 Å². The lowest BCUT2D eigenvalue weighted by Gasteiger charge is -1.96. The lowest BCUT2D eigenvalue weighted by Crippen LogP contribution is -1.87. The molecule has 0 saturated carbocycles. The van der Waals surface area contributed by atoms with Crippen LogP contribution in [0.2, 0.25) is 5.02 Å². The zero-order chi connectivity index (χ0) is 15.7. The number of nitro groups is 1. The first-order valence-corrected chi connectivity index (χ1v) is 7.17. The lowest BCUT2D eigenvalue weighted by atomic mass is 10.1. The zero-order valence-electron chi connectivity index (χ0n) is 10.8. The van der Waals surface area contributed by atoms with Crippen molar-refractivity contribution in [3.05, 3.63) is 55.3 Å². The Kier molecular flexibility index (Phi) is 3.90. The normalized spacial score (nSPS) is 10.8. The van der Waals surface area contributed by atoms with Crippen LogP contribution in [0.4, 0.5) is 5.82 Å². The number of rotatable bonds is 4. The van der Waals surface area contributed by atoms with Crippen LogP contribution in [0.25, 0.3) is 11.6 Å². The fourth-order valence-electron chi connectivity index (χ4n) is 1.78. The number of hydrogen-bond acceptors (Lipinski definition) is 6. The molecule has 10 heteroatoms. The summed E-state index contributed by atoms with van der Waals surface area (Å²) < 4.78 is 5.65. The monoisotopic (exact) mass is 383 g/mol. The summed E-state index contributed by atoms with van der Waals surface area (Å²) in [5.41, 5.74) is 1.15. The Morgan fingerprint density at radius 2 is 2.05 bits per heavy atom. The van der Waals surface area contributed by atoms with E-state index in [0.29, 0.717) is 17.3 Å². The summed E-state index contributed by atoms with van der Waals surface area (Å²) in [7, 11) is 0. The van der Waals surface area contributed by atoms with Crippen molar-refractivity contribution in [2.24, 2.45) is 0 Å². The molecule has 0 aliphatic carbocycles. The van der Waals surface area contributed by atoms with Crippen molar-refractivity contribution < 1.29 is 9.34 Å². The molecular weight excluding hydrogens is 378 g/mol. The Morgan fingerprint density at radius 3 is 2.68 bits per heavy atom. The molecule has 0 unspecified atom stereocenters. The third-order valence-corrected chi connectivity index (χ3v) is 3.81. The first kappa shape index (κ1) is 14.7. The van der Waals surface area contributed by atoms with Gasteiger partial charge < -0.3 is 14.5 Å². The number of nitrogens with zero attached hydrogens (tertiary/aromatic N) is 4. The van der Waals surface area contributed by atoms with E-state index >= 15 is 0 Å². The molecule has 1 aromatic carbocycles. The van der Waals surface area contributed by atoms with Crippen molar-refractivity contribution >= 4 is 33.3 Å². The molecule has 3 rings (SSSR count). The minimum absolute atomic E-state index is 0.0974. The van der Waals surface area contributed by atoms with Crippen LogP contribution in [0.15, 0.2) is 33.2 Å². The molecule has 0 aliphatic rings. The Balaban J connectivity index is 1.84. The highest BCUT2D eigenvalue weighted by Gasteiger charge is 2.24. The highest BCUT2D eigenvalue weighted by atomic mass is 79.9. The number of nitrogens with one attached hydrogen (secondary N) is 1. The Labute approximate surface area is 136 Å². The van der Waals surface area contributed by atoms with Gasteiger partial charge in [-0.15, -0.1) is 15.3 Å². The van der Waals surface area contributed by atoms with Crippen LogP contribution in [0, 0.1) is 10.1 Å². The second-order valence-electron chi connectivity index (χ2n) is 4.30. The summed E-state index contributed by atoms with van der Waals surface area (Å²) in [5, 5.41) is 25.3. The van der Waals surface area contributed by atoms with Crippen molar-refractivity contribution in [1.29, 1.82) is 0 Å². The lowest BCUT2D eigenvalue weighted by molar-refractivity contribution is -0.390. The van der Waals surface area contributed by atoms with E-state index in [-0.39, 0.29) is 21.9 Å². The van der Waals surface area contributed by atoms with Crippen molar-refractivity contribution in [2.45, 2.75) is 6.42 Å². The zero-order valence-corrected chi connectivity index (χ0v) is 13.1. The minimum atomic E-state index is -0.592. The van der Waals surface area contributed by atoms with Crippen LogP contribution in [0.3, 0.4) is 0 Å². The van der Waals surface area contributed by atoms with Gasteiger partial charge in [0.15, 0.2) is 5.69 Å². The third-order valence-electron chi connectivity index (χ3n) is 2.81. The predicted molar refractivity (Wildman–Crippen MR) is 80.5 cm³/mol. The van der Waals surface area contributed by atoms with E-state index in [0.717, 1.165) is 5.56 Å². The predicted octanol–water partition coefficient (Wildman–Crippen LogP) is 3.37. The van der Waals surface area contributed by atoms with E-state index in [1.807, 2.05) is 12.1 Å². The van der Waals surface area contributed by atoms with Gasteiger partial charge in [0.05, 0.1) is 6.42 Å². The molecule has 8 nitrogen and oxygen atoms in total. The van der Waals surface area contributed by atoms with E-state index < -0.39 is 4.92 Å². The summed E-state index contributed by atoms with van der Waals surface area (Å²) in [6, 6.07) is 7.23. The molecule has 0 aliphatic heterocycles. The largest absolute Gasteiger partial charge is 0.419 e. The van der Waals surface area contributed by atoms with E-state index in [1.54, 1.807) is 12.1 Å². The standard InChI is InChI=1S/C12H7BrClN5O3/c13-9-10(16-17-11(9)19(20)21)12-18-15-8(22-12)5-6-1-3-7(14)4-2-6/h1-4H,5H2,(H,16,17). The summed E-state index contributed by atoms with van der Waals surface area (Å²) in [6.45, 7) is 0. The van der Waals surface area contributed by atoms with E-state index in [4.69, 9.17) is 16.0 Å². The molecule has 1 N–H and O–H groups in total. The SMILES string of the molecule is O=[N+]([O-])c1[nH]nc(-c2nnc(Cc3ccc(Cl)cc3)o2)c1Br. The molecule has 0 fully saturated rings. The van der Waals surface area contributed by atoms with Gasteiger partial charge in [-0.05, 0) is 38.5 Å². The van der Waals surface area contributed by atoms with Gasteiger partial charge in [0.1, 0.15) is 4.47 Å². The second-order valence-corrected chi connectivity index (χ2v) is 5.53. The minimum Gasteiger partial charge on any atom is -0.419 e. The summed E-state index contributed by atoms with van der Waals surface area (Å²) >= 11 is 8.92. The first-order valence-electron chi connectivity index (χ1n) is 6.00. The highest BCUT2D eigenvalue weighted by Crippen LogP contribution is 2.32. The molecule has 2 aromatic heterocycles. The number of benzene rings is 1. The smallest absolute Gasteiger partial charge is 0.357 e. The summed E-state index contributed by atoms with van der Waals surface area (Å²) in [4.78, 5) is 10.2. The number of aromatic amines is 1. The summed E-state index contributed by atoms with van der Waals surface area (Å²) in [5.74, 6) is 0.197. The second kappa shape index (κ2) is 5.85. The van der Waals surface area contributed by atoms with Gasteiger partial charge >= 0.3 is 5.82 Å².